The molecule has 0 bridgehead atoms. The summed E-state index contributed by atoms with van der Waals surface area (Å²) in [7, 11) is -1.97. The molecule has 2 aliphatic rings. The standard InChI is InChI=1S/C18H26N2O4S/c1-14-12-15(20-10-5-7-18(20)21)8-9-17(14)25(22,23)19(2)13-16-6-3-4-11-24-16/h8-9,12,16H,3-7,10-11,13H2,1-2H3. The van der Waals surface area contributed by atoms with Crippen molar-refractivity contribution in [3.8, 4) is 0 Å². The van der Waals surface area contributed by atoms with Crippen molar-refractivity contribution in [1.29, 1.82) is 0 Å². The molecule has 3 rings (SSSR count). The molecule has 0 aliphatic carbocycles. The highest BCUT2D eigenvalue weighted by Crippen LogP contribution is 2.27. The second-order valence-electron chi connectivity index (χ2n) is 6.87. The number of anilines is 1. The minimum absolute atomic E-state index is 0.0321. The molecule has 1 atom stereocenters. The van der Waals surface area contributed by atoms with E-state index in [0.29, 0.717) is 36.6 Å². The molecule has 0 spiro atoms. The molecule has 6 nitrogen and oxygen atoms in total. The van der Waals surface area contributed by atoms with Gasteiger partial charge < -0.3 is 9.64 Å². The van der Waals surface area contributed by atoms with E-state index in [4.69, 9.17) is 4.74 Å². The Labute approximate surface area is 149 Å². The minimum Gasteiger partial charge on any atom is -0.377 e. The third kappa shape index (κ3) is 3.88. The Balaban J connectivity index is 1.78. The molecule has 0 saturated carbocycles. The number of hydrogen-bond acceptors (Lipinski definition) is 4. The quantitative estimate of drug-likeness (QED) is 0.802. The average Bonchev–Trinajstić information content (AvgIpc) is 3.01. The van der Waals surface area contributed by atoms with Gasteiger partial charge in [0.1, 0.15) is 0 Å². The Kier molecular flexibility index (Phi) is 5.46. The number of hydrogen-bond donors (Lipinski definition) is 0. The molecule has 2 fully saturated rings. The van der Waals surface area contributed by atoms with Gasteiger partial charge in [-0.25, -0.2) is 8.42 Å². The van der Waals surface area contributed by atoms with Gasteiger partial charge in [0.05, 0.1) is 11.0 Å². The van der Waals surface area contributed by atoms with E-state index in [0.717, 1.165) is 31.4 Å². The SMILES string of the molecule is Cc1cc(N2CCCC2=O)ccc1S(=O)(=O)N(C)CC1CCCCO1. The molecule has 2 saturated heterocycles. The molecular weight excluding hydrogens is 340 g/mol. The average molecular weight is 366 g/mol. The maximum Gasteiger partial charge on any atom is 0.243 e. The molecule has 0 N–H and O–H groups in total. The number of nitrogens with zero attached hydrogens (tertiary/aromatic N) is 2. The summed E-state index contributed by atoms with van der Waals surface area (Å²) < 4.78 is 32.9. The molecule has 2 heterocycles. The summed E-state index contributed by atoms with van der Waals surface area (Å²) in [6.07, 6.45) is 4.40. The van der Waals surface area contributed by atoms with Gasteiger partial charge in [0.2, 0.25) is 15.9 Å². The molecule has 1 aromatic carbocycles. The number of carbonyl (C=O) groups excluding carboxylic acids is 1. The smallest absolute Gasteiger partial charge is 0.243 e. The number of likely N-dealkylation sites (N-methyl/N-ethyl adjacent to an activating group) is 1. The first-order chi connectivity index (χ1) is 11.9. The van der Waals surface area contributed by atoms with Crippen molar-refractivity contribution in [2.45, 2.75) is 50.0 Å². The number of aryl methyl sites for hydroxylation is 1. The van der Waals surface area contributed by atoms with Gasteiger partial charge in [-0.05, 0) is 56.4 Å². The van der Waals surface area contributed by atoms with E-state index >= 15 is 0 Å². The highest BCUT2D eigenvalue weighted by atomic mass is 32.2. The lowest BCUT2D eigenvalue weighted by molar-refractivity contribution is -0.117. The van der Waals surface area contributed by atoms with Crippen molar-refractivity contribution in [1.82, 2.24) is 4.31 Å². The maximum atomic E-state index is 12.9. The third-order valence-electron chi connectivity index (χ3n) is 4.97. The van der Waals surface area contributed by atoms with Crippen molar-refractivity contribution < 1.29 is 17.9 Å². The molecule has 0 radical (unpaired) electrons. The van der Waals surface area contributed by atoms with Crippen LogP contribution < -0.4 is 4.90 Å². The van der Waals surface area contributed by atoms with Gasteiger partial charge in [0.15, 0.2) is 0 Å². The summed E-state index contributed by atoms with van der Waals surface area (Å²) in [6.45, 7) is 3.55. The first-order valence-corrected chi connectivity index (χ1v) is 10.3. The van der Waals surface area contributed by atoms with Crippen molar-refractivity contribution in [3.05, 3.63) is 23.8 Å². The van der Waals surface area contributed by atoms with E-state index in [2.05, 4.69) is 0 Å². The normalized spacial score (nSPS) is 22.0. The molecule has 1 amide bonds. The lowest BCUT2D eigenvalue weighted by atomic mass is 10.1. The topological polar surface area (TPSA) is 66.9 Å². The van der Waals surface area contributed by atoms with Crippen LogP contribution in [0.2, 0.25) is 0 Å². The van der Waals surface area contributed by atoms with Gasteiger partial charge in [0.25, 0.3) is 0 Å². The summed E-state index contributed by atoms with van der Waals surface area (Å²) in [5.41, 5.74) is 1.44. The summed E-state index contributed by atoms with van der Waals surface area (Å²) in [5, 5.41) is 0. The Morgan fingerprint density at radius 2 is 2.08 bits per heavy atom. The number of ether oxygens (including phenoxy) is 1. The second-order valence-corrected chi connectivity index (χ2v) is 8.89. The van der Waals surface area contributed by atoms with E-state index in [1.54, 1.807) is 37.1 Å². The summed E-state index contributed by atoms with van der Waals surface area (Å²) >= 11 is 0. The van der Waals surface area contributed by atoms with Crippen LogP contribution in [-0.2, 0) is 19.6 Å². The lowest BCUT2D eigenvalue weighted by Crippen LogP contribution is -2.37. The molecule has 0 aromatic heterocycles. The molecule has 25 heavy (non-hydrogen) atoms. The lowest BCUT2D eigenvalue weighted by Gasteiger charge is -2.27. The number of benzene rings is 1. The van der Waals surface area contributed by atoms with Gasteiger partial charge in [-0.2, -0.15) is 4.31 Å². The number of sulfonamides is 1. The van der Waals surface area contributed by atoms with Gasteiger partial charge in [-0.3, -0.25) is 4.79 Å². The maximum absolute atomic E-state index is 12.9. The van der Waals surface area contributed by atoms with E-state index < -0.39 is 10.0 Å². The molecule has 138 valence electrons. The third-order valence-corrected chi connectivity index (χ3v) is 6.95. The monoisotopic (exact) mass is 366 g/mol. The molecular formula is C18H26N2O4S. The van der Waals surface area contributed by atoms with E-state index in [-0.39, 0.29) is 12.0 Å². The predicted octanol–water partition coefficient (Wildman–Crippen LogP) is 2.31. The highest BCUT2D eigenvalue weighted by molar-refractivity contribution is 7.89. The van der Waals surface area contributed by atoms with Crippen LogP contribution in [0.25, 0.3) is 0 Å². The Bertz CT molecular complexity index is 741. The fourth-order valence-electron chi connectivity index (χ4n) is 3.52. The van der Waals surface area contributed by atoms with E-state index in [1.165, 1.54) is 4.31 Å². The van der Waals surface area contributed by atoms with Crippen molar-refractivity contribution in [2.24, 2.45) is 0 Å². The van der Waals surface area contributed by atoms with Gasteiger partial charge in [-0.1, -0.05) is 0 Å². The Morgan fingerprint density at radius 3 is 2.68 bits per heavy atom. The van der Waals surface area contributed by atoms with Gasteiger partial charge in [-0.15, -0.1) is 0 Å². The zero-order valence-corrected chi connectivity index (χ0v) is 15.7. The second kappa shape index (κ2) is 7.43. The fourth-order valence-corrected chi connectivity index (χ4v) is 4.92. The molecule has 7 heteroatoms. The van der Waals surface area contributed by atoms with Crippen LogP contribution in [0.3, 0.4) is 0 Å². The van der Waals surface area contributed by atoms with Crippen molar-refractivity contribution in [2.75, 3.05) is 31.6 Å². The molecule has 1 aromatic rings. The number of amides is 1. The van der Waals surface area contributed by atoms with Crippen LogP contribution in [-0.4, -0.2) is 51.5 Å². The molecule has 2 aliphatic heterocycles. The zero-order valence-electron chi connectivity index (χ0n) is 14.9. The van der Waals surface area contributed by atoms with Crippen LogP contribution in [0.5, 0.6) is 0 Å². The summed E-state index contributed by atoms with van der Waals surface area (Å²) in [4.78, 5) is 13.9. The van der Waals surface area contributed by atoms with Crippen molar-refractivity contribution >= 4 is 21.6 Å². The van der Waals surface area contributed by atoms with Crippen LogP contribution >= 0.6 is 0 Å². The first kappa shape index (κ1) is 18.4. The van der Waals surface area contributed by atoms with Gasteiger partial charge in [0, 0.05) is 38.9 Å². The Morgan fingerprint density at radius 1 is 1.28 bits per heavy atom. The van der Waals surface area contributed by atoms with E-state index in [1.807, 2.05) is 0 Å². The Hall–Kier alpha value is -1.44. The fraction of sp³-hybridized carbons (Fsp3) is 0.611. The highest BCUT2D eigenvalue weighted by Gasteiger charge is 2.28. The predicted molar refractivity (Wildman–Crippen MR) is 96.2 cm³/mol. The van der Waals surface area contributed by atoms with Crippen LogP contribution in [0.15, 0.2) is 23.1 Å². The van der Waals surface area contributed by atoms with Crippen molar-refractivity contribution in [3.63, 3.8) is 0 Å². The number of rotatable bonds is 5. The molecule has 1 unspecified atom stereocenters. The van der Waals surface area contributed by atoms with Crippen LogP contribution in [0.4, 0.5) is 5.69 Å². The van der Waals surface area contributed by atoms with Crippen LogP contribution in [0.1, 0.15) is 37.7 Å². The minimum atomic E-state index is -3.57. The van der Waals surface area contributed by atoms with Crippen LogP contribution in [0, 0.1) is 6.92 Å². The number of carbonyl (C=O) groups is 1. The largest absolute Gasteiger partial charge is 0.377 e. The van der Waals surface area contributed by atoms with Gasteiger partial charge >= 0.3 is 0 Å². The van der Waals surface area contributed by atoms with E-state index in [9.17, 15) is 13.2 Å². The summed E-state index contributed by atoms with van der Waals surface area (Å²) in [5.74, 6) is 0.0987. The zero-order chi connectivity index (χ0) is 18.0. The first-order valence-electron chi connectivity index (χ1n) is 8.88. The summed E-state index contributed by atoms with van der Waals surface area (Å²) in [6, 6.07) is 5.14.